The maximum atomic E-state index is 5.65. The second kappa shape index (κ2) is 12.3. The highest BCUT2D eigenvalue weighted by Gasteiger charge is 2.47. The van der Waals surface area contributed by atoms with Crippen LogP contribution < -0.4 is 0 Å². The van der Waals surface area contributed by atoms with Crippen LogP contribution in [0.25, 0.3) is 72.7 Å². The average molecular weight is 730 g/mol. The first-order valence-electron chi connectivity index (χ1n) is 19.6. The van der Waals surface area contributed by atoms with Crippen LogP contribution in [0.5, 0.6) is 0 Å². The van der Waals surface area contributed by atoms with E-state index in [0.29, 0.717) is 0 Å². The number of benzene rings is 5. The summed E-state index contributed by atoms with van der Waals surface area (Å²) in [5.74, 6) is 0. The minimum atomic E-state index is -0.579. The Bertz CT molecular complexity index is 3170. The highest BCUT2D eigenvalue weighted by atomic mass is 15.1. The number of hydrogen-bond donors (Lipinski definition) is 0. The number of rotatable bonds is 5. The summed E-state index contributed by atoms with van der Waals surface area (Å²) in [5, 5.41) is 3.65. The molecule has 5 aromatic carbocycles. The van der Waals surface area contributed by atoms with E-state index in [4.69, 9.17) is 4.98 Å². The van der Waals surface area contributed by atoms with Crippen LogP contribution in [-0.2, 0) is 11.8 Å². The van der Waals surface area contributed by atoms with Gasteiger partial charge in [0.05, 0.1) is 22.1 Å². The molecule has 12 rings (SSSR count). The predicted octanol–water partition coefficient (Wildman–Crippen LogP) is 11.9. The van der Waals surface area contributed by atoms with Crippen LogP contribution in [0.15, 0.2) is 183 Å². The zero-order chi connectivity index (χ0) is 37.5. The number of pyridine rings is 3. The van der Waals surface area contributed by atoms with Crippen LogP contribution in [0.4, 0.5) is 0 Å². The molecule has 0 N–H and O–H groups in total. The van der Waals surface area contributed by atoms with Crippen LogP contribution in [0.1, 0.15) is 39.9 Å². The van der Waals surface area contributed by atoms with Gasteiger partial charge in [0, 0.05) is 63.6 Å². The van der Waals surface area contributed by atoms with E-state index >= 15 is 0 Å². The number of hydrogen-bond acceptors (Lipinski definition) is 3. The molecule has 5 heterocycles. The van der Waals surface area contributed by atoms with Gasteiger partial charge in [0.2, 0.25) is 0 Å². The van der Waals surface area contributed by atoms with Crippen LogP contribution in [0.2, 0.25) is 0 Å². The molecule has 10 aromatic rings. The molecule has 5 nitrogen and oxygen atoms in total. The molecule has 0 fully saturated rings. The Morgan fingerprint density at radius 1 is 0.509 bits per heavy atom. The summed E-state index contributed by atoms with van der Waals surface area (Å²) >= 11 is 0. The minimum Gasteiger partial charge on any atom is -0.310 e. The minimum absolute atomic E-state index is 0.579. The lowest BCUT2D eigenvalue weighted by Crippen LogP contribution is -2.28. The van der Waals surface area contributed by atoms with Gasteiger partial charge in [-0.1, -0.05) is 91.0 Å². The fraction of sp³-hybridized carbons (Fsp3) is 0.0577. The molecule has 0 saturated carbocycles. The molecule has 2 aliphatic rings. The highest BCUT2D eigenvalue weighted by molar-refractivity contribution is 6.09. The normalized spacial score (nSPS) is 13.9. The highest BCUT2D eigenvalue weighted by Crippen LogP contribution is 2.56. The molecule has 0 spiro atoms. The van der Waals surface area contributed by atoms with Crippen molar-refractivity contribution in [2.75, 3.05) is 0 Å². The Kier molecular flexibility index (Phi) is 6.90. The predicted molar refractivity (Wildman–Crippen MR) is 231 cm³/mol. The second-order valence-electron chi connectivity index (χ2n) is 15.1. The second-order valence-corrected chi connectivity index (χ2v) is 15.1. The Labute approximate surface area is 329 Å². The Morgan fingerprint density at radius 3 is 1.77 bits per heavy atom. The van der Waals surface area contributed by atoms with Gasteiger partial charge in [0.1, 0.15) is 5.65 Å². The van der Waals surface area contributed by atoms with Crippen molar-refractivity contribution >= 4 is 38.9 Å². The zero-order valence-corrected chi connectivity index (χ0v) is 31.0. The van der Waals surface area contributed by atoms with Gasteiger partial charge in [-0.15, -0.1) is 0 Å². The Morgan fingerprint density at radius 2 is 1.09 bits per heavy atom. The van der Waals surface area contributed by atoms with Crippen molar-refractivity contribution in [1.29, 1.82) is 0 Å². The maximum absolute atomic E-state index is 5.65. The molecule has 2 aliphatic carbocycles. The smallest absolute Gasteiger partial charge is 0.146 e. The first kappa shape index (κ1) is 31.9. The molecule has 5 aromatic heterocycles. The van der Waals surface area contributed by atoms with Gasteiger partial charge in [-0.05, 0) is 125 Å². The van der Waals surface area contributed by atoms with E-state index in [2.05, 4.69) is 183 Å². The standard InChI is InChI=1S/C52H35N5/c1-5-13-45-43(12-1)50-46(52(45,36-25-29-53-30-26-36)37-27-31-54-32-28-37)33-44-42-11-4-8-16-49(42)57(51(44)55-50)39-23-19-35(20-24-39)34-17-21-38(22-18-34)56-47-14-6-2-9-40(47)41-10-3-7-15-48(41)56/h1-2,4-9,11-33H,3,10H2. The molecule has 57 heavy (non-hydrogen) atoms. The summed E-state index contributed by atoms with van der Waals surface area (Å²) in [6, 6.07) is 55.1. The van der Waals surface area contributed by atoms with Crippen molar-refractivity contribution in [3.8, 4) is 33.8 Å². The fourth-order valence-corrected chi connectivity index (χ4v) is 9.86. The van der Waals surface area contributed by atoms with Gasteiger partial charge in [0.25, 0.3) is 0 Å². The molecule has 0 amide bonds. The van der Waals surface area contributed by atoms with E-state index < -0.39 is 5.41 Å². The van der Waals surface area contributed by atoms with Crippen LogP contribution >= 0.6 is 0 Å². The quantitative estimate of drug-likeness (QED) is 0.177. The maximum Gasteiger partial charge on any atom is 0.146 e. The number of nitrogens with zero attached hydrogens (tertiary/aromatic N) is 5. The average Bonchev–Trinajstić information content (AvgIpc) is 3.90. The Hall–Kier alpha value is -7.37. The van der Waals surface area contributed by atoms with Gasteiger partial charge < -0.3 is 4.57 Å². The van der Waals surface area contributed by atoms with Crippen LogP contribution in [0.3, 0.4) is 0 Å². The molecule has 0 unspecified atom stereocenters. The van der Waals surface area contributed by atoms with Gasteiger partial charge >= 0.3 is 0 Å². The van der Waals surface area contributed by atoms with Crippen molar-refractivity contribution in [3.05, 3.63) is 216 Å². The van der Waals surface area contributed by atoms with Crippen LogP contribution in [0, 0.1) is 0 Å². The number of aromatic nitrogens is 5. The number of para-hydroxylation sites is 2. The van der Waals surface area contributed by atoms with Gasteiger partial charge in [0.15, 0.2) is 0 Å². The molecule has 0 aliphatic heterocycles. The lowest BCUT2D eigenvalue weighted by molar-refractivity contribution is 0.763. The molecular weight excluding hydrogens is 695 g/mol. The number of allylic oxidation sites excluding steroid dienone is 1. The molecule has 0 saturated heterocycles. The van der Waals surface area contributed by atoms with E-state index in [1.165, 1.54) is 55.5 Å². The van der Waals surface area contributed by atoms with Crippen molar-refractivity contribution in [2.24, 2.45) is 0 Å². The summed E-state index contributed by atoms with van der Waals surface area (Å²) < 4.78 is 4.74. The van der Waals surface area contributed by atoms with E-state index in [9.17, 15) is 0 Å². The van der Waals surface area contributed by atoms with Crippen LogP contribution in [-0.4, -0.2) is 24.1 Å². The fourth-order valence-electron chi connectivity index (χ4n) is 9.86. The third kappa shape index (κ3) is 4.54. The molecular formula is C52H35N5. The van der Waals surface area contributed by atoms with Crippen molar-refractivity contribution in [3.63, 3.8) is 0 Å². The summed E-state index contributed by atoms with van der Waals surface area (Å²) in [6.07, 6.45) is 14.3. The first-order chi connectivity index (χ1) is 28.3. The van der Waals surface area contributed by atoms with Gasteiger partial charge in [-0.25, -0.2) is 4.98 Å². The molecule has 0 atom stereocenters. The Balaban J connectivity index is 0.996. The lowest BCUT2D eigenvalue weighted by Gasteiger charge is -2.33. The third-order valence-corrected chi connectivity index (χ3v) is 12.3. The third-order valence-electron chi connectivity index (χ3n) is 12.3. The van der Waals surface area contributed by atoms with E-state index in [1.807, 2.05) is 24.8 Å². The van der Waals surface area contributed by atoms with Gasteiger partial charge in [-0.3, -0.25) is 14.5 Å². The summed E-state index contributed by atoms with van der Waals surface area (Å²) in [6.45, 7) is 0. The van der Waals surface area contributed by atoms with Gasteiger partial charge in [-0.2, -0.15) is 0 Å². The summed E-state index contributed by atoms with van der Waals surface area (Å²) in [5.41, 5.74) is 16.9. The van der Waals surface area contributed by atoms with Crippen molar-refractivity contribution < 1.29 is 0 Å². The van der Waals surface area contributed by atoms with Crippen molar-refractivity contribution in [2.45, 2.75) is 18.3 Å². The SMILES string of the molecule is C1=Cc2c(c3ccccc3n2-c2ccc(-c3ccc(-n4c5ccccc5c5cc6c(nc54)-c4ccccc4C6(c4ccncc4)c4ccncc4)cc3)cc2)CC1. The largest absolute Gasteiger partial charge is 0.310 e. The van der Waals surface area contributed by atoms with E-state index in [0.717, 1.165) is 57.5 Å². The monoisotopic (exact) mass is 729 g/mol. The summed E-state index contributed by atoms with van der Waals surface area (Å²) in [7, 11) is 0. The molecule has 0 radical (unpaired) electrons. The zero-order valence-electron chi connectivity index (χ0n) is 31.0. The van der Waals surface area contributed by atoms with E-state index in [1.54, 1.807) is 0 Å². The first-order valence-corrected chi connectivity index (χ1v) is 19.6. The molecule has 0 bridgehead atoms. The topological polar surface area (TPSA) is 48.5 Å². The van der Waals surface area contributed by atoms with Crippen molar-refractivity contribution in [1.82, 2.24) is 24.1 Å². The molecule has 5 heteroatoms. The van der Waals surface area contributed by atoms with E-state index in [-0.39, 0.29) is 0 Å². The number of aryl methyl sites for hydroxylation is 1. The summed E-state index contributed by atoms with van der Waals surface area (Å²) in [4.78, 5) is 14.5. The number of fused-ring (bicyclic) bond motifs is 9. The molecule has 268 valence electrons. The lowest BCUT2D eigenvalue weighted by atomic mass is 9.68.